The lowest BCUT2D eigenvalue weighted by Gasteiger charge is -2.23. The maximum Gasteiger partial charge on any atom is 0.241 e. The van der Waals surface area contributed by atoms with Crippen molar-refractivity contribution < 1.29 is 9.53 Å². The summed E-state index contributed by atoms with van der Waals surface area (Å²) in [5.74, 6) is 0.686. The van der Waals surface area contributed by atoms with Gasteiger partial charge < -0.3 is 4.74 Å². The molecule has 0 unspecified atom stereocenters. The van der Waals surface area contributed by atoms with E-state index in [-0.39, 0.29) is 11.7 Å². The zero-order valence-electron chi connectivity index (χ0n) is 21.6. The Kier molecular flexibility index (Phi) is 8.46. The van der Waals surface area contributed by atoms with Crippen LogP contribution in [0.1, 0.15) is 5.56 Å². The smallest absolute Gasteiger partial charge is 0.241 e. The van der Waals surface area contributed by atoms with Gasteiger partial charge in [0.2, 0.25) is 5.91 Å². The number of hydrogen-bond acceptors (Lipinski definition) is 5. The Labute approximate surface area is 242 Å². The van der Waals surface area contributed by atoms with Crippen LogP contribution in [0.25, 0.3) is 22.4 Å². The Balaban J connectivity index is 1.54. The fourth-order valence-corrected chi connectivity index (χ4v) is 5.26. The topological polar surface area (TPSA) is 66.2 Å². The fourth-order valence-electron chi connectivity index (χ4n) is 4.29. The maximum absolute atomic E-state index is 13.7. The van der Waals surface area contributed by atoms with E-state index in [1.54, 1.807) is 24.1 Å². The molecule has 5 nitrogen and oxygen atoms in total. The number of anilines is 2. The number of pyridine rings is 1. The molecule has 0 saturated carbocycles. The summed E-state index contributed by atoms with van der Waals surface area (Å²) in [6.07, 6.45) is 0. The number of hydrogen-bond donors (Lipinski definition) is 0. The normalized spacial score (nSPS) is 10.5. The molecule has 0 aliphatic heterocycles. The lowest BCUT2D eigenvalue weighted by molar-refractivity contribution is -0.115. The molecular formula is C33H24ClN3O2S. The second kappa shape index (κ2) is 12.5. The summed E-state index contributed by atoms with van der Waals surface area (Å²) in [6.45, 7) is 0. The average Bonchev–Trinajstić information content (AvgIpc) is 3.01. The van der Waals surface area contributed by atoms with E-state index in [2.05, 4.69) is 6.07 Å². The summed E-state index contributed by atoms with van der Waals surface area (Å²) >= 11 is 7.39. The second-order valence-corrected chi connectivity index (χ2v) is 10.2. The van der Waals surface area contributed by atoms with Gasteiger partial charge in [-0.15, -0.1) is 0 Å². The van der Waals surface area contributed by atoms with Gasteiger partial charge in [0.25, 0.3) is 0 Å². The van der Waals surface area contributed by atoms with Gasteiger partial charge in [-0.3, -0.25) is 9.69 Å². The van der Waals surface area contributed by atoms with Crippen molar-refractivity contribution in [2.24, 2.45) is 0 Å². The van der Waals surface area contributed by atoms with Gasteiger partial charge in [0.15, 0.2) is 0 Å². The van der Waals surface area contributed by atoms with Crippen LogP contribution in [0, 0.1) is 11.3 Å². The molecule has 0 atom stereocenters. The standard InChI is InChI=1S/C33H24ClN3O2S/c1-39-28-18-14-24(15-19-28)31-20-29(23-12-16-25(34)17-13-23)30(21-35)33(36-31)40-22-32(38)37(26-8-4-2-5-9-26)27-10-6-3-7-11-27/h2-20H,22H2,1H3. The number of thioether (sulfide) groups is 1. The summed E-state index contributed by atoms with van der Waals surface area (Å²) in [6, 6.07) is 38.2. The number of para-hydroxylation sites is 2. The number of nitriles is 1. The van der Waals surface area contributed by atoms with E-state index in [4.69, 9.17) is 21.3 Å². The quantitative estimate of drug-likeness (QED) is 0.178. The van der Waals surface area contributed by atoms with E-state index in [9.17, 15) is 10.1 Å². The van der Waals surface area contributed by atoms with E-state index >= 15 is 0 Å². The van der Waals surface area contributed by atoms with Crippen molar-refractivity contribution in [2.45, 2.75) is 5.03 Å². The predicted molar refractivity (Wildman–Crippen MR) is 162 cm³/mol. The van der Waals surface area contributed by atoms with Crippen LogP contribution in [-0.4, -0.2) is 23.8 Å². The number of ether oxygens (including phenoxy) is 1. The Morgan fingerprint density at radius 1 is 0.875 bits per heavy atom. The summed E-state index contributed by atoms with van der Waals surface area (Å²) < 4.78 is 5.31. The molecule has 5 rings (SSSR count). The zero-order valence-corrected chi connectivity index (χ0v) is 23.2. The minimum Gasteiger partial charge on any atom is -0.497 e. The highest BCUT2D eigenvalue weighted by atomic mass is 35.5. The second-order valence-electron chi connectivity index (χ2n) is 8.77. The van der Waals surface area contributed by atoms with Gasteiger partial charge in [-0.1, -0.05) is 71.9 Å². The van der Waals surface area contributed by atoms with Crippen molar-refractivity contribution in [3.05, 3.63) is 126 Å². The zero-order chi connectivity index (χ0) is 27.9. The Bertz CT molecular complexity index is 1610. The molecule has 196 valence electrons. The molecule has 4 aromatic carbocycles. The van der Waals surface area contributed by atoms with Crippen molar-refractivity contribution >= 4 is 40.6 Å². The summed E-state index contributed by atoms with van der Waals surface area (Å²) in [4.78, 5) is 20.2. The number of carbonyl (C=O) groups excluding carboxylic acids is 1. The number of methoxy groups -OCH3 is 1. The van der Waals surface area contributed by atoms with Gasteiger partial charge in [0.1, 0.15) is 16.8 Å². The van der Waals surface area contributed by atoms with Crippen LogP contribution in [0.15, 0.2) is 120 Å². The fraction of sp³-hybridized carbons (Fsp3) is 0.0606. The number of amides is 1. The molecule has 0 N–H and O–H groups in total. The molecule has 1 amide bonds. The van der Waals surface area contributed by atoms with Crippen LogP contribution in [0.4, 0.5) is 11.4 Å². The van der Waals surface area contributed by atoms with E-state index in [0.29, 0.717) is 21.3 Å². The maximum atomic E-state index is 13.7. The number of halogens is 1. The molecule has 0 aliphatic rings. The molecule has 1 heterocycles. The van der Waals surface area contributed by atoms with Gasteiger partial charge in [0, 0.05) is 27.5 Å². The molecule has 0 spiro atoms. The van der Waals surface area contributed by atoms with Crippen molar-refractivity contribution in [1.29, 1.82) is 5.26 Å². The van der Waals surface area contributed by atoms with Gasteiger partial charge in [0.05, 0.1) is 24.1 Å². The van der Waals surface area contributed by atoms with Crippen molar-refractivity contribution in [1.82, 2.24) is 4.98 Å². The lowest BCUT2D eigenvalue weighted by atomic mass is 9.99. The molecule has 0 radical (unpaired) electrons. The highest BCUT2D eigenvalue weighted by Crippen LogP contribution is 2.36. The Hall–Kier alpha value is -4.57. The first-order valence-corrected chi connectivity index (χ1v) is 13.8. The molecule has 1 aromatic heterocycles. The van der Waals surface area contributed by atoms with E-state index in [1.807, 2.05) is 103 Å². The average molecular weight is 562 g/mol. The number of aromatic nitrogens is 1. The third-order valence-corrected chi connectivity index (χ3v) is 7.46. The van der Waals surface area contributed by atoms with Gasteiger partial charge >= 0.3 is 0 Å². The number of rotatable bonds is 8. The van der Waals surface area contributed by atoms with Gasteiger partial charge in [-0.05, 0) is 72.3 Å². The minimum atomic E-state index is -0.129. The number of nitrogens with zero attached hydrogens (tertiary/aromatic N) is 3. The minimum absolute atomic E-state index is 0.0809. The van der Waals surface area contributed by atoms with Crippen LogP contribution in [0.3, 0.4) is 0 Å². The van der Waals surface area contributed by atoms with E-state index < -0.39 is 0 Å². The van der Waals surface area contributed by atoms with E-state index in [1.165, 1.54) is 11.8 Å². The van der Waals surface area contributed by atoms with Crippen LogP contribution >= 0.6 is 23.4 Å². The largest absolute Gasteiger partial charge is 0.497 e. The van der Waals surface area contributed by atoms with Crippen molar-refractivity contribution in [3.63, 3.8) is 0 Å². The summed E-state index contributed by atoms with van der Waals surface area (Å²) in [7, 11) is 1.62. The van der Waals surface area contributed by atoms with Crippen LogP contribution < -0.4 is 9.64 Å². The van der Waals surface area contributed by atoms with Gasteiger partial charge in [-0.25, -0.2) is 4.98 Å². The molecule has 0 saturated heterocycles. The molecule has 40 heavy (non-hydrogen) atoms. The van der Waals surface area contributed by atoms with Crippen LogP contribution in [-0.2, 0) is 4.79 Å². The first-order chi connectivity index (χ1) is 19.6. The Morgan fingerprint density at radius 3 is 2.00 bits per heavy atom. The van der Waals surface area contributed by atoms with Crippen LogP contribution in [0.2, 0.25) is 5.02 Å². The predicted octanol–water partition coefficient (Wildman–Crippen LogP) is 8.41. The summed E-state index contributed by atoms with van der Waals surface area (Å²) in [5, 5.41) is 11.3. The molecule has 0 aliphatic carbocycles. The SMILES string of the molecule is COc1ccc(-c2cc(-c3ccc(Cl)cc3)c(C#N)c(SCC(=O)N(c3ccccc3)c3ccccc3)n2)cc1. The first kappa shape index (κ1) is 27.0. The number of benzene rings is 4. The summed E-state index contributed by atoms with van der Waals surface area (Å²) in [5.41, 5.74) is 5.04. The molecule has 7 heteroatoms. The lowest BCUT2D eigenvalue weighted by Crippen LogP contribution is -2.27. The molecule has 0 bridgehead atoms. The Morgan fingerprint density at radius 2 is 1.45 bits per heavy atom. The van der Waals surface area contributed by atoms with Crippen LogP contribution in [0.5, 0.6) is 5.75 Å². The third-order valence-electron chi connectivity index (χ3n) is 6.25. The number of carbonyl (C=O) groups is 1. The molecule has 0 fully saturated rings. The highest BCUT2D eigenvalue weighted by molar-refractivity contribution is 8.00. The van der Waals surface area contributed by atoms with Crippen molar-refractivity contribution in [3.8, 4) is 34.2 Å². The van der Waals surface area contributed by atoms with Crippen molar-refractivity contribution in [2.75, 3.05) is 17.8 Å². The molecular weight excluding hydrogens is 538 g/mol. The first-order valence-electron chi connectivity index (χ1n) is 12.5. The van der Waals surface area contributed by atoms with Gasteiger partial charge in [-0.2, -0.15) is 5.26 Å². The van der Waals surface area contributed by atoms with E-state index in [0.717, 1.165) is 33.8 Å². The highest BCUT2D eigenvalue weighted by Gasteiger charge is 2.21. The molecule has 5 aromatic rings. The third kappa shape index (κ3) is 6.02. The monoisotopic (exact) mass is 561 g/mol.